The van der Waals surface area contributed by atoms with E-state index in [-0.39, 0.29) is 5.82 Å². The van der Waals surface area contributed by atoms with Crippen LogP contribution in [-0.4, -0.2) is 10.9 Å². The fourth-order valence-electron chi connectivity index (χ4n) is 1.30. The van der Waals surface area contributed by atoms with Crippen molar-refractivity contribution in [2.45, 2.75) is 37.7 Å². The third-order valence-corrected chi connectivity index (χ3v) is 3.35. The number of benzene rings is 1. The zero-order valence-electron chi connectivity index (χ0n) is 9.16. The lowest BCUT2D eigenvalue weighted by Crippen LogP contribution is -1.95. The van der Waals surface area contributed by atoms with Crippen molar-refractivity contribution in [3.05, 3.63) is 29.6 Å². The number of thioether (sulfide) groups is 1. The Kier molecular flexibility index (Phi) is 5.12. The number of halogens is 1. The average Bonchev–Trinajstić information content (AvgIpc) is 2.20. The van der Waals surface area contributed by atoms with Crippen LogP contribution in [0.3, 0.4) is 0 Å². The molecule has 0 aromatic heterocycles. The molecule has 0 heterocycles. The van der Waals surface area contributed by atoms with Gasteiger partial charge in [-0.2, -0.15) is 0 Å². The molecule has 1 nitrogen and oxygen atoms in total. The summed E-state index contributed by atoms with van der Waals surface area (Å²) in [6.07, 6.45) is 1.68. The Balaban J connectivity index is 2.77. The minimum Gasteiger partial charge on any atom is -0.389 e. The Morgan fingerprint density at radius 2 is 2.20 bits per heavy atom. The summed E-state index contributed by atoms with van der Waals surface area (Å²) in [6, 6.07) is 4.61. The van der Waals surface area contributed by atoms with Gasteiger partial charge in [0.2, 0.25) is 0 Å². The lowest BCUT2D eigenvalue weighted by molar-refractivity contribution is 0.196. The quantitative estimate of drug-likeness (QED) is 0.611. The molecule has 3 heteroatoms. The molecule has 1 atom stereocenters. The lowest BCUT2D eigenvalue weighted by Gasteiger charge is -2.11. The summed E-state index contributed by atoms with van der Waals surface area (Å²) in [5.41, 5.74) is 0.691. The number of hydrogen-bond acceptors (Lipinski definition) is 2. The first kappa shape index (κ1) is 12.5. The van der Waals surface area contributed by atoms with E-state index in [1.807, 2.05) is 0 Å². The Morgan fingerprint density at radius 1 is 1.47 bits per heavy atom. The Morgan fingerprint density at radius 3 is 2.80 bits per heavy atom. The Labute approximate surface area is 94.7 Å². The van der Waals surface area contributed by atoms with Crippen LogP contribution in [0, 0.1) is 5.82 Å². The normalized spacial score (nSPS) is 12.8. The van der Waals surface area contributed by atoms with Gasteiger partial charge in [0, 0.05) is 4.90 Å². The maximum absolute atomic E-state index is 13.0. The summed E-state index contributed by atoms with van der Waals surface area (Å²) in [4.78, 5) is 0.986. The molecule has 1 rings (SSSR count). The molecule has 0 spiro atoms. The van der Waals surface area contributed by atoms with Gasteiger partial charge in [-0.15, -0.1) is 11.8 Å². The minimum absolute atomic E-state index is 0.286. The lowest BCUT2D eigenvalue weighted by atomic mass is 10.1. The first-order valence-corrected chi connectivity index (χ1v) is 6.24. The number of rotatable bonds is 5. The molecule has 0 unspecified atom stereocenters. The highest BCUT2D eigenvalue weighted by molar-refractivity contribution is 7.99. The molecule has 84 valence electrons. The van der Waals surface area contributed by atoms with Crippen molar-refractivity contribution >= 4 is 11.8 Å². The van der Waals surface area contributed by atoms with Crippen LogP contribution in [0.1, 0.15) is 38.4 Å². The fraction of sp³-hybridized carbons (Fsp3) is 0.500. The average molecular weight is 228 g/mol. The maximum Gasteiger partial charge on any atom is 0.123 e. The smallest absolute Gasteiger partial charge is 0.123 e. The van der Waals surface area contributed by atoms with E-state index in [0.29, 0.717) is 5.56 Å². The van der Waals surface area contributed by atoms with Crippen molar-refractivity contribution in [3.8, 4) is 0 Å². The number of unbranched alkanes of at least 4 members (excludes halogenated alkanes) is 1. The molecule has 0 saturated heterocycles. The van der Waals surface area contributed by atoms with Crippen LogP contribution in [0.2, 0.25) is 0 Å². The maximum atomic E-state index is 13.0. The number of aliphatic hydroxyl groups excluding tert-OH is 1. The largest absolute Gasteiger partial charge is 0.389 e. The van der Waals surface area contributed by atoms with E-state index >= 15 is 0 Å². The zero-order chi connectivity index (χ0) is 11.3. The van der Waals surface area contributed by atoms with Crippen LogP contribution >= 0.6 is 11.8 Å². The third-order valence-electron chi connectivity index (χ3n) is 2.18. The van der Waals surface area contributed by atoms with Crippen LogP contribution in [0.5, 0.6) is 0 Å². The molecule has 0 saturated carbocycles. The van der Waals surface area contributed by atoms with Gasteiger partial charge in [0.25, 0.3) is 0 Å². The standard InChI is InChI=1S/C12H17FOS/c1-3-4-7-15-12-6-5-10(13)8-11(12)9(2)14/h5-6,8-9,14H,3-4,7H2,1-2H3/t9-/m0/s1. The second-order valence-electron chi connectivity index (χ2n) is 3.56. The SMILES string of the molecule is CCCCSc1ccc(F)cc1[C@H](C)O. The molecular weight excluding hydrogens is 211 g/mol. The molecule has 1 aromatic rings. The van der Waals surface area contributed by atoms with Crippen LogP contribution in [0.15, 0.2) is 23.1 Å². The summed E-state index contributed by atoms with van der Waals surface area (Å²) in [6.45, 7) is 3.81. The summed E-state index contributed by atoms with van der Waals surface area (Å²) in [5, 5.41) is 9.51. The van der Waals surface area contributed by atoms with Gasteiger partial charge in [-0.25, -0.2) is 4.39 Å². The minimum atomic E-state index is -0.607. The van der Waals surface area contributed by atoms with Crippen molar-refractivity contribution in [2.75, 3.05) is 5.75 Å². The van der Waals surface area contributed by atoms with Gasteiger partial charge in [0.15, 0.2) is 0 Å². The van der Waals surface area contributed by atoms with Gasteiger partial charge in [-0.3, -0.25) is 0 Å². The second-order valence-corrected chi connectivity index (χ2v) is 4.70. The molecule has 0 aliphatic carbocycles. The van der Waals surface area contributed by atoms with Gasteiger partial charge in [0.05, 0.1) is 6.10 Å². The highest BCUT2D eigenvalue weighted by Crippen LogP contribution is 2.28. The molecule has 0 aliphatic heterocycles. The van der Waals surface area contributed by atoms with E-state index in [4.69, 9.17) is 0 Å². The summed E-state index contributed by atoms with van der Waals surface area (Å²) < 4.78 is 13.0. The van der Waals surface area contributed by atoms with Crippen molar-refractivity contribution in [1.29, 1.82) is 0 Å². The van der Waals surface area contributed by atoms with Crippen molar-refractivity contribution in [3.63, 3.8) is 0 Å². The van der Waals surface area contributed by atoms with Gasteiger partial charge in [-0.05, 0) is 42.9 Å². The number of aliphatic hydroxyl groups is 1. The predicted molar refractivity (Wildman–Crippen MR) is 62.7 cm³/mol. The van der Waals surface area contributed by atoms with Gasteiger partial charge in [0.1, 0.15) is 5.82 Å². The van der Waals surface area contributed by atoms with E-state index in [0.717, 1.165) is 23.5 Å². The molecule has 0 bridgehead atoms. The van der Waals surface area contributed by atoms with Crippen molar-refractivity contribution in [1.82, 2.24) is 0 Å². The van der Waals surface area contributed by atoms with E-state index in [9.17, 15) is 9.50 Å². The molecule has 1 aromatic carbocycles. The number of hydrogen-bond donors (Lipinski definition) is 1. The first-order valence-electron chi connectivity index (χ1n) is 5.25. The third kappa shape index (κ3) is 3.84. The summed E-state index contributed by atoms with van der Waals surface area (Å²) >= 11 is 1.68. The predicted octanol–water partition coefficient (Wildman–Crippen LogP) is 3.77. The Hall–Kier alpha value is -0.540. The summed E-state index contributed by atoms with van der Waals surface area (Å²) in [5.74, 6) is 0.729. The van der Waals surface area contributed by atoms with Crippen molar-refractivity contribution in [2.24, 2.45) is 0 Å². The zero-order valence-corrected chi connectivity index (χ0v) is 9.98. The highest BCUT2D eigenvalue weighted by Gasteiger charge is 2.09. The van der Waals surface area contributed by atoms with Crippen molar-refractivity contribution < 1.29 is 9.50 Å². The molecule has 15 heavy (non-hydrogen) atoms. The van der Waals surface area contributed by atoms with Crippen LogP contribution in [0.25, 0.3) is 0 Å². The highest BCUT2D eigenvalue weighted by atomic mass is 32.2. The van der Waals surface area contributed by atoms with Gasteiger partial charge in [-0.1, -0.05) is 13.3 Å². The van der Waals surface area contributed by atoms with E-state index < -0.39 is 6.10 Å². The molecular formula is C12H17FOS. The van der Waals surface area contributed by atoms with E-state index in [1.165, 1.54) is 12.1 Å². The van der Waals surface area contributed by atoms with Crippen LogP contribution < -0.4 is 0 Å². The molecule has 0 fully saturated rings. The first-order chi connectivity index (χ1) is 7.15. The van der Waals surface area contributed by atoms with E-state index in [1.54, 1.807) is 24.8 Å². The Bertz CT molecular complexity index is 312. The molecule has 1 N–H and O–H groups in total. The second kappa shape index (κ2) is 6.13. The molecule has 0 radical (unpaired) electrons. The van der Waals surface area contributed by atoms with Crippen LogP contribution in [-0.2, 0) is 0 Å². The monoisotopic (exact) mass is 228 g/mol. The topological polar surface area (TPSA) is 20.2 Å². The van der Waals surface area contributed by atoms with Gasteiger partial charge < -0.3 is 5.11 Å². The van der Waals surface area contributed by atoms with E-state index in [2.05, 4.69) is 6.92 Å². The summed E-state index contributed by atoms with van der Waals surface area (Å²) in [7, 11) is 0. The molecule has 0 amide bonds. The van der Waals surface area contributed by atoms with Crippen LogP contribution in [0.4, 0.5) is 4.39 Å². The van der Waals surface area contributed by atoms with Gasteiger partial charge >= 0.3 is 0 Å². The fourth-order valence-corrected chi connectivity index (χ4v) is 2.52. The molecule has 0 aliphatic rings.